The molecule has 2 N–H and O–H groups in total. The van der Waals surface area contributed by atoms with E-state index in [0.29, 0.717) is 15.6 Å². The smallest absolute Gasteiger partial charge is 0.263 e. The molecule has 1 aliphatic heterocycles. The summed E-state index contributed by atoms with van der Waals surface area (Å²) in [5, 5.41) is 5.66. The van der Waals surface area contributed by atoms with Crippen LogP contribution in [0.5, 0.6) is 0 Å². The van der Waals surface area contributed by atoms with Crippen molar-refractivity contribution in [3.8, 4) is 0 Å². The lowest BCUT2D eigenvalue weighted by Gasteiger charge is -2.18. The van der Waals surface area contributed by atoms with Gasteiger partial charge in [0.05, 0.1) is 6.04 Å². The van der Waals surface area contributed by atoms with Gasteiger partial charge in [-0.2, -0.15) is 0 Å². The van der Waals surface area contributed by atoms with Gasteiger partial charge in [-0.15, -0.1) is 0 Å². The molecule has 31 heavy (non-hydrogen) atoms. The first-order chi connectivity index (χ1) is 14.7. The number of rotatable bonds is 4. The Hall–Kier alpha value is -2.84. The topological polar surface area (TPSA) is 58.2 Å². The summed E-state index contributed by atoms with van der Waals surface area (Å²) in [6.45, 7) is 0. The third-order valence-electron chi connectivity index (χ3n) is 4.87. The summed E-state index contributed by atoms with van der Waals surface area (Å²) in [7, 11) is 0. The molecule has 0 radical (unpaired) electrons. The van der Waals surface area contributed by atoms with Gasteiger partial charge in [0.2, 0.25) is 0 Å². The Morgan fingerprint density at radius 1 is 1.13 bits per heavy atom. The normalized spacial score (nSPS) is 15.0. The second-order valence-corrected chi connectivity index (χ2v) is 8.19. The van der Waals surface area contributed by atoms with Gasteiger partial charge in [-0.25, -0.2) is 13.2 Å². The maximum atomic E-state index is 13.9. The lowest BCUT2D eigenvalue weighted by atomic mass is 9.96. The van der Waals surface area contributed by atoms with Gasteiger partial charge in [0, 0.05) is 43.0 Å². The Morgan fingerprint density at radius 2 is 1.90 bits per heavy atom. The maximum Gasteiger partial charge on any atom is 0.263 e. The van der Waals surface area contributed by atoms with Gasteiger partial charge in [0.1, 0.15) is 5.82 Å². The molecule has 0 aliphatic carbocycles. The highest BCUT2D eigenvalue weighted by Gasteiger charge is 2.34. The van der Waals surface area contributed by atoms with Gasteiger partial charge in [-0.05, 0) is 42.5 Å². The zero-order chi connectivity index (χ0) is 22.3. The van der Waals surface area contributed by atoms with Crippen LogP contribution in [0.15, 0.2) is 59.1 Å². The monoisotopic (exact) mass is 508 g/mol. The van der Waals surface area contributed by atoms with Gasteiger partial charge in [0.25, 0.3) is 18.2 Å². The van der Waals surface area contributed by atoms with E-state index >= 15 is 0 Å². The van der Waals surface area contributed by atoms with Crippen molar-refractivity contribution in [2.75, 3.05) is 5.32 Å². The largest absolute Gasteiger partial charge is 0.341 e. The van der Waals surface area contributed by atoms with Crippen molar-refractivity contribution in [2.24, 2.45) is 0 Å². The molecule has 0 bridgehead atoms. The molecule has 1 heterocycles. The molecule has 1 atom stereocenters. The Morgan fingerprint density at radius 3 is 2.65 bits per heavy atom. The summed E-state index contributed by atoms with van der Waals surface area (Å²) < 4.78 is 40.4. The molecule has 1 unspecified atom stereocenters. The Labute approximate surface area is 188 Å². The molecule has 2 amide bonds. The standard InChI is InChI=1S/C22H13BrClF3N2O2/c23-12-7-15-18(19(29-22(15)31)14-9-13(25)4-5-16(14)24)17(8-12)28-21(30)11-3-1-2-10(6-11)20(26)27/h1-9,19-20H,(H,28,30)(H,29,31). The predicted molar refractivity (Wildman–Crippen MR) is 114 cm³/mol. The number of benzene rings is 3. The molecule has 158 valence electrons. The number of alkyl halides is 2. The van der Waals surface area contributed by atoms with Crippen LogP contribution in [0.2, 0.25) is 5.02 Å². The van der Waals surface area contributed by atoms with E-state index in [2.05, 4.69) is 26.6 Å². The first-order valence-corrected chi connectivity index (χ1v) is 10.2. The molecular weight excluding hydrogens is 497 g/mol. The second kappa shape index (κ2) is 8.36. The zero-order valence-electron chi connectivity index (χ0n) is 15.6. The molecule has 0 aromatic heterocycles. The number of halogens is 5. The summed E-state index contributed by atoms with van der Waals surface area (Å²) in [4.78, 5) is 25.3. The van der Waals surface area contributed by atoms with E-state index in [-0.39, 0.29) is 27.4 Å². The van der Waals surface area contributed by atoms with E-state index in [1.54, 1.807) is 12.1 Å². The van der Waals surface area contributed by atoms with Crippen LogP contribution in [0.1, 0.15) is 49.9 Å². The van der Waals surface area contributed by atoms with E-state index in [1.165, 1.54) is 36.4 Å². The third-order valence-corrected chi connectivity index (χ3v) is 5.67. The van der Waals surface area contributed by atoms with Crippen molar-refractivity contribution >= 4 is 45.0 Å². The second-order valence-electron chi connectivity index (χ2n) is 6.87. The van der Waals surface area contributed by atoms with Crippen molar-refractivity contribution in [1.82, 2.24) is 5.32 Å². The Balaban J connectivity index is 1.77. The molecule has 9 heteroatoms. The first-order valence-electron chi connectivity index (χ1n) is 9.03. The molecule has 3 aromatic rings. The van der Waals surface area contributed by atoms with Gasteiger partial charge in [-0.3, -0.25) is 9.59 Å². The SMILES string of the molecule is O=C(Nc1cc(Br)cc2c1C(c1cc(F)ccc1Cl)NC2=O)c1cccc(C(F)F)c1. The quantitative estimate of drug-likeness (QED) is 0.436. The molecule has 1 aliphatic rings. The maximum absolute atomic E-state index is 13.9. The van der Waals surface area contributed by atoms with E-state index in [4.69, 9.17) is 11.6 Å². The molecular formula is C22H13BrClF3N2O2. The van der Waals surface area contributed by atoms with Crippen LogP contribution < -0.4 is 10.6 Å². The molecule has 0 saturated carbocycles. The average molecular weight is 510 g/mol. The predicted octanol–water partition coefficient (Wildman–Crippen LogP) is 6.26. The van der Waals surface area contributed by atoms with Crippen molar-refractivity contribution in [3.63, 3.8) is 0 Å². The summed E-state index contributed by atoms with van der Waals surface area (Å²) >= 11 is 9.54. The molecule has 0 spiro atoms. The molecule has 4 nitrogen and oxygen atoms in total. The van der Waals surface area contributed by atoms with Gasteiger partial charge in [0.15, 0.2) is 0 Å². The number of hydrogen-bond donors (Lipinski definition) is 2. The summed E-state index contributed by atoms with van der Waals surface area (Å²) in [5.74, 6) is -1.59. The van der Waals surface area contributed by atoms with Gasteiger partial charge in [-0.1, -0.05) is 39.7 Å². The Bertz CT molecular complexity index is 1220. The minimum absolute atomic E-state index is 0.0316. The zero-order valence-corrected chi connectivity index (χ0v) is 17.9. The summed E-state index contributed by atoms with van der Waals surface area (Å²) in [5.41, 5.74) is 1.01. The minimum atomic E-state index is -2.72. The van der Waals surface area contributed by atoms with Gasteiger partial charge >= 0.3 is 0 Å². The molecule has 4 rings (SSSR count). The Kier molecular flexibility index (Phi) is 5.77. The highest BCUT2D eigenvalue weighted by Crippen LogP contribution is 2.41. The van der Waals surface area contributed by atoms with Crippen LogP contribution in [-0.2, 0) is 0 Å². The van der Waals surface area contributed by atoms with E-state index in [9.17, 15) is 22.8 Å². The fourth-order valence-electron chi connectivity index (χ4n) is 3.48. The minimum Gasteiger partial charge on any atom is -0.341 e. The van der Waals surface area contributed by atoms with Crippen LogP contribution in [0.25, 0.3) is 0 Å². The van der Waals surface area contributed by atoms with E-state index in [0.717, 1.165) is 6.07 Å². The van der Waals surface area contributed by atoms with Crippen LogP contribution in [0, 0.1) is 5.82 Å². The van der Waals surface area contributed by atoms with Crippen LogP contribution in [0.4, 0.5) is 18.9 Å². The lowest BCUT2D eigenvalue weighted by Crippen LogP contribution is -2.21. The van der Waals surface area contributed by atoms with E-state index in [1.807, 2.05) is 0 Å². The molecule has 0 saturated heterocycles. The van der Waals surface area contributed by atoms with Crippen LogP contribution in [0.3, 0.4) is 0 Å². The fourth-order valence-corrected chi connectivity index (χ4v) is 4.17. The highest BCUT2D eigenvalue weighted by molar-refractivity contribution is 9.10. The van der Waals surface area contributed by atoms with Crippen LogP contribution >= 0.6 is 27.5 Å². The van der Waals surface area contributed by atoms with Gasteiger partial charge < -0.3 is 10.6 Å². The van der Waals surface area contributed by atoms with E-state index < -0.39 is 30.1 Å². The third kappa shape index (κ3) is 4.18. The lowest BCUT2D eigenvalue weighted by molar-refractivity contribution is 0.0959. The highest BCUT2D eigenvalue weighted by atomic mass is 79.9. The summed E-state index contributed by atoms with van der Waals surface area (Å²) in [6, 6.07) is 11.2. The molecule has 3 aromatic carbocycles. The van der Waals surface area contributed by atoms with Crippen LogP contribution in [-0.4, -0.2) is 11.8 Å². The van der Waals surface area contributed by atoms with Crippen molar-refractivity contribution in [1.29, 1.82) is 0 Å². The number of carbonyl (C=O) groups excluding carboxylic acids is 2. The number of nitrogens with one attached hydrogen (secondary N) is 2. The van der Waals surface area contributed by atoms with Crippen molar-refractivity contribution in [2.45, 2.75) is 12.5 Å². The van der Waals surface area contributed by atoms with Crippen molar-refractivity contribution < 1.29 is 22.8 Å². The number of amides is 2. The number of carbonyl (C=O) groups is 2. The molecule has 0 fully saturated rings. The first kappa shape index (κ1) is 21.4. The number of hydrogen-bond acceptors (Lipinski definition) is 2. The van der Waals surface area contributed by atoms with Crippen molar-refractivity contribution in [3.05, 3.63) is 97.7 Å². The fraction of sp³-hybridized carbons (Fsp3) is 0.0909. The number of fused-ring (bicyclic) bond motifs is 1. The average Bonchev–Trinajstić information content (AvgIpc) is 3.06. The number of anilines is 1. The summed E-state index contributed by atoms with van der Waals surface area (Å²) in [6.07, 6.45) is -2.72.